The molecule has 0 aliphatic carbocycles. The molecular formula is C24H25FN2O4S. The highest BCUT2D eigenvalue weighted by atomic mass is 32.2. The van der Waals surface area contributed by atoms with E-state index in [4.69, 9.17) is 4.74 Å². The summed E-state index contributed by atoms with van der Waals surface area (Å²) in [5.74, 6) is -0.260. The molecule has 168 valence electrons. The number of nitrogens with one attached hydrogen (secondary N) is 1. The van der Waals surface area contributed by atoms with Gasteiger partial charge in [-0.05, 0) is 54.4 Å². The third kappa shape index (κ3) is 6.55. The van der Waals surface area contributed by atoms with E-state index in [9.17, 15) is 17.6 Å². The number of hydrogen-bond donors (Lipinski definition) is 1. The van der Waals surface area contributed by atoms with Crippen molar-refractivity contribution >= 4 is 21.6 Å². The van der Waals surface area contributed by atoms with Gasteiger partial charge in [-0.3, -0.25) is 9.10 Å². The second kappa shape index (κ2) is 10.3. The van der Waals surface area contributed by atoms with E-state index in [1.807, 2.05) is 30.3 Å². The van der Waals surface area contributed by atoms with Crippen LogP contribution in [0.3, 0.4) is 0 Å². The van der Waals surface area contributed by atoms with Crippen molar-refractivity contribution in [1.29, 1.82) is 0 Å². The first-order chi connectivity index (χ1) is 15.2. The van der Waals surface area contributed by atoms with Gasteiger partial charge in [0.1, 0.15) is 24.7 Å². The molecule has 0 spiro atoms. The summed E-state index contributed by atoms with van der Waals surface area (Å²) in [7, 11) is -3.71. The van der Waals surface area contributed by atoms with Gasteiger partial charge in [-0.15, -0.1) is 0 Å². The molecule has 3 rings (SSSR count). The monoisotopic (exact) mass is 456 g/mol. The molecular weight excluding hydrogens is 431 g/mol. The van der Waals surface area contributed by atoms with Gasteiger partial charge >= 0.3 is 0 Å². The number of carbonyl (C=O) groups excluding carboxylic acids is 1. The number of carbonyl (C=O) groups is 1. The third-order valence-corrected chi connectivity index (χ3v) is 5.95. The SMILES string of the molecule is C[C@H](NC(=O)CN(c1ccc(OCc2ccccc2)cc1)S(C)(=O)=O)c1ccc(F)cc1. The Morgan fingerprint density at radius 1 is 1.00 bits per heavy atom. The Morgan fingerprint density at radius 3 is 2.22 bits per heavy atom. The number of amides is 1. The molecule has 0 unspecified atom stereocenters. The summed E-state index contributed by atoms with van der Waals surface area (Å²) in [6, 6.07) is 21.5. The Labute approximate surface area is 187 Å². The lowest BCUT2D eigenvalue weighted by Gasteiger charge is -2.23. The van der Waals surface area contributed by atoms with Crippen molar-refractivity contribution in [3.05, 3.63) is 95.8 Å². The fraction of sp³-hybridized carbons (Fsp3) is 0.208. The van der Waals surface area contributed by atoms with Crippen LogP contribution < -0.4 is 14.4 Å². The van der Waals surface area contributed by atoms with E-state index in [0.717, 1.165) is 16.1 Å². The minimum absolute atomic E-state index is 0.351. The van der Waals surface area contributed by atoms with Gasteiger partial charge in [-0.25, -0.2) is 12.8 Å². The zero-order valence-electron chi connectivity index (χ0n) is 17.9. The van der Waals surface area contributed by atoms with Gasteiger partial charge in [0, 0.05) is 0 Å². The largest absolute Gasteiger partial charge is 0.489 e. The fourth-order valence-corrected chi connectivity index (χ4v) is 3.96. The van der Waals surface area contributed by atoms with Gasteiger partial charge in [0.2, 0.25) is 15.9 Å². The van der Waals surface area contributed by atoms with Crippen molar-refractivity contribution in [3.63, 3.8) is 0 Å². The first kappa shape index (κ1) is 23.3. The normalized spacial score (nSPS) is 12.1. The maximum absolute atomic E-state index is 13.1. The van der Waals surface area contributed by atoms with Crippen LogP contribution in [0.25, 0.3) is 0 Å². The minimum Gasteiger partial charge on any atom is -0.489 e. The quantitative estimate of drug-likeness (QED) is 0.527. The molecule has 1 amide bonds. The lowest BCUT2D eigenvalue weighted by atomic mass is 10.1. The van der Waals surface area contributed by atoms with Crippen molar-refractivity contribution in [2.24, 2.45) is 0 Å². The van der Waals surface area contributed by atoms with Crippen LogP contribution >= 0.6 is 0 Å². The molecule has 0 saturated carbocycles. The molecule has 0 aliphatic heterocycles. The molecule has 32 heavy (non-hydrogen) atoms. The van der Waals surface area contributed by atoms with Crippen molar-refractivity contribution in [2.75, 3.05) is 17.1 Å². The smallest absolute Gasteiger partial charge is 0.241 e. The zero-order chi connectivity index (χ0) is 23.1. The molecule has 0 aliphatic rings. The first-order valence-corrected chi connectivity index (χ1v) is 11.9. The maximum Gasteiger partial charge on any atom is 0.241 e. The molecule has 1 atom stereocenters. The van der Waals surface area contributed by atoms with Gasteiger partial charge in [-0.2, -0.15) is 0 Å². The lowest BCUT2D eigenvalue weighted by molar-refractivity contribution is -0.120. The number of benzene rings is 3. The van der Waals surface area contributed by atoms with Gasteiger partial charge < -0.3 is 10.1 Å². The highest BCUT2D eigenvalue weighted by Gasteiger charge is 2.22. The van der Waals surface area contributed by atoms with E-state index >= 15 is 0 Å². The lowest BCUT2D eigenvalue weighted by Crippen LogP contribution is -2.41. The van der Waals surface area contributed by atoms with Crippen LogP contribution in [0.2, 0.25) is 0 Å². The minimum atomic E-state index is -3.71. The molecule has 0 bridgehead atoms. The molecule has 0 heterocycles. The van der Waals surface area contributed by atoms with Crippen molar-refractivity contribution in [2.45, 2.75) is 19.6 Å². The zero-order valence-corrected chi connectivity index (χ0v) is 18.7. The van der Waals surface area contributed by atoms with Gasteiger partial charge in [0.25, 0.3) is 0 Å². The Kier molecular flexibility index (Phi) is 7.48. The summed E-state index contributed by atoms with van der Waals surface area (Å²) < 4.78 is 44.5. The number of sulfonamides is 1. The summed E-state index contributed by atoms with van der Waals surface area (Å²) in [6.45, 7) is 1.75. The summed E-state index contributed by atoms with van der Waals surface area (Å²) in [5, 5.41) is 2.75. The van der Waals surface area contributed by atoms with Crippen LogP contribution in [-0.4, -0.2) is 27.1 Å². The molecule has 0 saturated heterocycles. The number of nitrogens with zero attached hydrogens (tertiary/aromatic N) is 1. The third-order valence-electron chi connectivity index (χ3n) is 4.81. The molecule has 0 fully saturated rings. The van der Waals surface area contributed by atoms with E-state index in [-0.39, 0.29) is 12.4 Å². The predicted octanol–water partition coefficient (Wildman–Crippen LogP) is 4.05. The molecule has 3 aromatic carbocycles. The number of halogens is 1. The highest BCUT2D eigenvalue weighted by Crippen LogP contribution is 2.22. The molecule has 6 nitrogen and oxygen atoms in total. The topological polar surface area (TPSA) is 75.7 Å². The molecule has 0 aromatic heterocycles. The number of ether oxygens (including phenoxy) is 1. The Balaban J connectivity index is 1.65. The standard InChI is InChI=1S/C24H25FN2O4S/c1-18(20-8-10-21(25)11-9-20)26-24(28)16-27(32(2,29)30)22-12-14-23(15-13-22)31-17-19-6-4-3-5-7-19/h3-15,18H,16-17H2,1-2H3,(H,26,28)/t18-/m0/s1. The summed E-state index contributed by atoms with van der Waals surface area (Å²) >= 11 is 0. The maximum atomic E-state index is 13.1. The molecule has 8 heteroatoms. The van der Waals surface area contributed by atoms with E-state index < -0.39 is 22.0 Å². The van der Waals surface area contributed by atoms with E-state index in [1.54, 1.807) is 43.3 Å². The Morgan fingerprint density at radius 2 is 1.62 bits per heavy atom. The van der Waals surface area contributed by atoms with Crippen LogP contribution in [-0.2, 0) is 21.4 Å². The second-order valence-corrected chi connectivity index (χ2v) is 9.29. The van der Waals surface area contributed by atoms with Gasteiger partial charge in [0.15, 0.2) is 0 Å². The van der Waals surface area contributed by atoms with Crippen LogP contribution in [0.15, 0.2) is 78.9 Å². The average Bonchev–Trinajstić information content (AvgIpc) is 2.77. The summed E-state index contributed by atoms with van der Waals surface area (Å²) in [6.07, 6.45) is 1.05. The van der Waals surface area contributed by atoms with E-state index in [2.05, 4.69) is 5.32 Å². The molecule has 1 N–H and O–H groups in total. The van der Waals surface area contributed by atoms with Crippen molar-refractivity contribution in [1.82, 2.24) is 5.32 Å². The number of hydrogen-bond acceptors (Lipinski definition) is 4. The van der Waals surface area contributed by atoms with Crippen molar-refractivity contribution in [3.8, 4) is 5.75 Å². The summed E-state index contributed by atoms with van der Waals surface area (Å²) in [5.41, 5.74) is 2.08. The highest BCUT2D eigenvalue weighted by molar-refractivity contribution is 7.92. The van der Waals surface area contributed by atoms with E-state index in [0.29, 0.717) is 23.6 Å². The Bertz CT molecular complexity index is 1130. The van der Waals surface area contributed by atoms with Crippen LogP contribution in [0.1, 0.15) is 24.1 Å². The summed E-state index contributed by atoms with van der Waals surface area (Å²) in [4.78, 5) is 12.5. The van der Waals surface area contributed by atoms with Gasteiger partial charge in [-0.1, -0.05) is 42.5 Å². The van der Waals surface area contributed by atoms with Crippen LogP contribution in [0, 0.1) is 5.82 Å². The second-order valence-electron chi connectivity index (χ2n) is 7.38. The average molecular weight is 457 g/mol. The van der Waals surface area contributed by atoms with Crippen LogP contribution in [0.5, 0.6) is 5.75 Å². The molecule has 3 aromatic rings. The number of rotatable bonds is 9. The van der Waals surface area contributed by atoms with E-state index in [1.165, 1.54) is 12.1 Å². The first-order valence-electron chi connectivity index (χ1n) is 10.0. The predicted molar refractivity (Wildman–Crippen MR) is 122 cm³/mol. The molecule has 0 radical (unpaired) electrons. The Hall–Kier alpha value is -3.39. The van der Waals surface area contributed by atoms with Crippen LogP contribution in [0.4, 0.5) is 10.1 Å². The van der Waals surface area contributed by atoms with Gasteiger partial charge in [0.05, 0.1) is 18.0 Å². The number of anilines is 1. The fourth-order valence-electron chi connectivity index (χ4n) is 3.10. The van der Waals surface area contributed by atoms with Crippen molar-refractivity contribution < 1.29 is 22.3 Å².